The third-order valence-corrected chi connectivity index (χ3v) is 1.50. The van der Waals surface area contributed by atoms with Crippen molar-refractivity contribution in [1.82, 2.24) is 0 Å². The molecule has 0 fully saturated rings. The summed E-state index contributed by atoms with van der Waals surface area (Å²) in [5, 5.41) is 16.9. The van der Waals surface area contributed by atoms with Crippen molar-refractivity contribution in [3.8, 4) is 6.07 Å². The van der Waals surface area contributed by atoms with Gasteiger partial charge < -0.3 is 5.11 Å². The van der Waals surface area contributed by atoms with Gasteiger partial charge in [-0.15, -0.1) is 0 Å². The second kappa shape index (κ2) is 4.07. The topological polar surface area (TPSA) is 61.1 Å². The Kier molecular flexibility index (Phi) is 2.82. The maximum atomic E-state index is 11.2. The number of carbonyl (C=O) groups is 1. The molecular weight excluding hydrogens is 166 g/mol. The first-order chi connectivity index (χ1) is 6.27. The number of benzene rings is 1. The van der Waals surface area contributed by atoms with E-state index in [0.717, 1.165) is 6.08 Å². The van der Waals surface area contributed by atoms with Gasteiger partial charge >= 0.3 is 0 Å². The molecule has 0 aliphatic rings. The van der Waals surface area contributed by atoms with E-state index in [4.69, 9.17) is 10.4 Å². The molecule has 1 aromatic rings. The van der Waals surface area contributed by atoms with E-state index in [2.05, 4.69) is 0 Å². The molecule has 3 nitrogen and oxygen atoms in total. The zero-order valence-corrected chi connectivity index (χ0v) is 6.77. The number of aliphatic hydroxyl groups is 1. The van der Waals surface area contributed by atoms with E-state index in [0.29, 0.717) is 17.4 Å². The van der Waals surface area contributed by atoms with Gasteiger partial charge in [-0.25, -0.2) is 0 Å². The van der Waals surface area contributed by atoms with E-state index in [-0.39, 0.29) is 5.78 Å². The Hall–Kier alpha value is -2.08. The molecule has 0 aromatic heterocycles. The predicted molar refractivity (Wildman–Crippen MR) is 47.3 cm³/mol. The van der Waals surface area contributed by atoms with Crippen molar-refractivity contribution < 1.29 is 9.90 Å². The number of hydrogen-bond donors (Lipinski definition) is 1. The van der Waals surface area contributed by atoms with Gasteiger partial charge in [0, 0.05) is 11.6 Å². The third-order valence-electron chi connectivity index (χ3n) is 1.50. The molecule has 13 heavy (non-hydrogen) atoms. The fourth-order valence-electron chi connectivity index (χ4n) is 0.906. The summed E-state index contributed by atoms with van der Waals surface area (Å²) >= 11 is 0. The fourth-order valence-corrected chi connectivity index (χ4v) is 0.906. The zero-order chi connectivity index (χ0) is 9.68. The first kappa shape index (κ1) is 9.01. The van der Waals surface area contributed by atoms with Crippen LogP contribution in [0.4, 0.5) is 0 Å². The Morgan fingerprint density at radius 3 is 2.92 bits per heavy atom. The summed E-state index contributed by atoms with van der Waals surface area (Å²) in [5.74, 6) is -0.320. The smallest absolute Gasteiger partial charge is 0.188 e. The van der Waals surface area contributed by atoms with E-state index in [9.17, 15) is 4.79 Å². The molecule has 1 rings (SSSR count). The van der Waals surface area contributed by atoms with E-state index in [1.807, 2.05) is 6.07 Å². The van der Waals surface area contributed by atoms with Crippen LogP contribution in [0.25, 0.3) is 0 Å². The van der Waals surface area contributed by atoms with Crippen LogP contribution in [0.3, 0.4) is 0 Å². The summed E-state index contributed by atoms with van der Waals surface area (Å²) in [7, 11) is 0. The Morgan fingerprint density at radius 1 is 1.54 bits per heavy atom. The molecule has 0 aliphatic carbocycles. The summed E-state index contributed by atoms with van der Waals surface area (Å²) in [5.41, 5.74) is 0.821. The molecule has 0 unspecified atom stereocenters. The van der Waals surface area contributed by atoms with Crippen molar-refractivity contribution in [2.75, 3.05) is 0 Å². The van der Waals surface area contributed by atoms with Gasteiger partial charge in [-0.05, 0) is 12.1 Å². The normalized spacial score (nSPS) is 9.77. The Morgan fingerprint density at radius 2 is 2.31 bits per heavy atom. The molecule has 0 atom stereocenters. The van der Waals surface area contributed by atoms with E-state index in [1.54, 1.807) is 18.2 Å². The van der Waals surface area contributed by atoms with Gasteiger partial charge in [-0.2, -0.15) is 5.26 Å². The standard InChI is InChI=1S/C10H7NO2/c11-7-8-2-1-3-9(6-8)10(13)4-5-12/h1-6,12H. The van der Waals surface area contributed by atoms with Gasteiger partial charge in [0.15, 0.2) is 5.78 Å². The number of nitriles is 1. The van der Waals surface area contributed by atoms with Crippen LogP contribution in [0.1, 0.15) is 15.9 Å². The highest BCUT2D eigenvalue weighted by Crippen LogP contribution is 2.05. The van der Waals surface area contributed by atoms with Crippen LogP contribution in [0, 0.1) is 11.3 Å². The van der Waals surface area contributed by atoms with Crippen molar-refractivity contribution in [3.05, 3.63) is 47.7 Å². The molecule has 1 N–H and O–H groups in total. The number of rotatable bonds is 2. The lowest BCUT2D eigenvalue weighted by atomic mass is 10.1. The van der Waals surface area contributed by atoms with Crippen LogP contribution in [0.2, 0.25) is 0 Å². The molecule has 1 aromatic carbocycles. The quantitative estimate of drug-likeness (QED) is 0.421. The summed E-state index contributed by atoms with van der Waals surface area (Å²) in [6.45, 7) is 0. The Bertz CT molecular complexity index is 388. The fraction of sp³-hybridized carbons (Fsp3) is 0. The molecule has 0 spiro atoms. The highest BCUT2D eigenvalue weighted by molar-refractivity contribution is 6.04. The molecular formula is C10H7NO2. The zero-order valence-electron chi connectivity index (χ0n) is 6.77. The van der Waals surface area contributed by atoms with Gasteiger partial charge in [0.25, 0.3) is 0 Å². The number of allylic oxidation sites excluding steroid dienone is 1. The predicted octanol–water partition coefficient (Wildman–Crippen LogP) is 1.81. The minimum absolute atomic E-state index is 0.320. The van der Waals surface area contributed by atoms with E-state index >= 15 is 0 Å². The summed E-state index contributed by atoms with van der Waals surface area (Å²) in [6, 6.07) is 8.22. The second-order valence-electron chi connectivity index (χ2n) is 2.37. The summed E-state index contributed by atoms with van der Waals surface area (Å²) in [6.07, 6.45) is 1.72. The Labute approximate surface area is 75.5 Å². The molecule has 0 heterocycles. The lowest BCUT2D eigenvalue weighted by Crippen LogP contribution is -1.94. The van der Waals surface area contributed by atoms with Gasteiger partial charge in [0.2, 0.25) is 0 Å². The van der Waals surface area contributed by atoms with Crippen LogP contribution >= 0.6 is 0 Å². The van der Waals surface area contributed by atoms with Crippen molar-refractivity contribution >= 4 is 5.78 Å². The first-order valence-corrected chi connectivity index (χ1v) is 3.63. The molecule has 0 saturated heterocycles. The van der Waals surface area contributed by atoms with Crippen molar-refractivity contribution in [2.45, 2.75) is 0 Å². The van der Waals surface area contributed by atoms with Crippen LogP contribution in [-0.4, -0.2) is 10.9 Å². The van der Waals surface area contributed by atoms with E-state index < -0.39 is 0 Å². The second-order valence-corrected chi connectivity index (χ2v) is 2.37. The van der Waals surface area contributed by atoms with E-state index in [1.165, 1.54) is 6.07 Å². The number of aliphatic hydroxyl groups excluding tert-OH is 1. The molecule has 3 heteroatoms. The molecule has 0 radical (unpaired) electrons. The Balaban J connectivity index is 3.03. The molecule has 0 saturated carbocycles. The van der Waals surface area contributed by atoms with Crippen LogP contribution < -0.4 is 0 Å². The maximum Gasteiger partial charge on any atom is 0.188 e. The van der Waals surface area contributed by atoms with Crippen LogP contribution in [0.5, 0.6) is 0 Å². The average molecular weight is 173 g/mol. The van der Waals surface area contributed by atoms with Gasteiger partial charge in [0.1, 0.15) is 0 Å². The third kappa shape index (κ3) is 2.17. The van der Waals surface area contributed by atoms with Crippen LogP contribution in [0.15, 0.2) is 36.6 Å². The molecule has 0 amide bonds. The minimum Gasteiger partial charge on any atom is -0.515 e. The highest BCUT2D eigenvalue weighted by atomic mass is 16.2. The molecule has 0 bridgehead atoms. The number of ketones is 1. The van der Waals surface area contributed by atoms with Crippen molar-refractivity contribution in [3.63, 3.8) is 0 Å². The van der Waals surface area contributed by atoms with Crippen molar-refractivity contribution in [1.29, 1.82) is 5.26 Å². The van der Waals surface area contributed by atoms with Gasteiger partial charge in [-0.1, -0.05) is 12.1 Å². The average Bonchev–Trinajstić information content (AvgIpc) is 2.18. The highest BCUT2D eigenvalue weighted by Gasteiger charge is 2.01. The summed E-state index contributed by atoms with van der Waals surface area (Å²) < 4.78 is 0. The maximum absolute atomic E-state index is 11.2. The molecule has 0 aliphatic heterocycles. The van der Waals surface area contributed by atoms with Gasteiger partial charge in [0.05, 0.1) is 17.9 Å². The number of nitrogens with zero attached hydrogens (tertiary/aromatic N) is 1. The summed E-state index contributed by atoms with van der Waals surface area (Å²) in [4.78, 5) is 11.2. The largest absolute Gasteiger partial charge is 0.515 e. The first-order valence-electron chi connectivity index (χ1n) is 3.63. The van der Waals surface area contributed by atoms with Crippen LogP contribution in [-0.2, 0) is 0 Å². The van der Waals surface area contributed by atoms with Crippen molar-refractivity contribution in [2.24, 2.45) is 0 Å². The lowest BCUT2D eigenvalue weighted by Gasteiger charge is -1.94. The monoisotopic (exact) mass is 173 g/mol. The SMILES string of the molecule is N#Cc1cccc(C(=O)C=CO)c1. The lowest BCUT2D eigenvalue weighted by molar-refractivity contribution is 0.104. The number of carbonyl (C=O) groups excluding carboxylic acids is 1. The minimum atomic E-state index is -0.320. The molecule has 64 valence electrons. The van der Waals surface area contributed by atoms with Gasteiger partial charge in [-0.3, -0.25) is 4.79 Å². The number of hydrogen-bond acceptors (Lipinski definition) is 3.